The fourth-order valence-corrected chi connectivity index (χ4v) is 9.72. The van der Waals surface area contributed by atoms with Crippen molar-refractivity contribution >= 4 is 45.6 Å². The van der Waals surface area contributed by atoms with Crippen molar-refractivity contribution in [3.8, 4) is 23.0 Å². The number of alkyl halides is 2. The van der Waals surface area contributed by atoms with E-state index in [1.165, 1.54) is 30.5 Å². The third-order valence-electron chi connectivity index (χ3n) is 12.8. The summed E-state index contributed by atoms with van der Waals surface area (Å²) in [5.41, 5.74) is -2.90. The summed E-state index contributed by atoms with van der Waals surface area (Å²) < 4.78 is 87.5. The Bertz CT molecular complexity index is 2470. The Kier molecular flexibility index (Phi) is 12.3. The summed E-state index contributed by atoms with van der Waals surface area (Å²) in [6.45, 7) is 11.2. The first-order valence-corrected chi connectivity index (χ1v) is 22.0. The number of esters is 1. The Morgan fingerprint density at radius 2 is 1.88 bits per heavy atom. The van der Waals surface area contributed by atoms with Gasteiger partial charge in [0, 0.05) is 37.7 Å². The molecule has 2 amide bonds. The highest BCUT2D eigenvalue weighted by atomic mass is 19.1. The number of alkyl carbamates (subject to hydrolysis) is 2. The van der Waals surface area contributed by atoms with Gasteiger partial charge in [0.05, 0.1) is 29.6 Å². The van der Waals surface area contributed by atoms with Crippen molar-refractivity contribution in [1.29, 1.82) is 0 Å². The summed E-state index contributed by atoms with van der Waals surface area (Å²) in [4.78, 5) is 57.5. The number of anilines is 1. The van der Waals surface area contributed by atoms with E-state index in [1.807, 2.05) is 6.92 Å². The van der Waals surface area contributed by atoms with Crippen LogP contribution >= 0.6 is 0 Å². The molecule has 6 bridgehead atoms. The van der Waals surface area contributed by atoms with Crippen molar-refractivity contribution in [2.75, 3.05) is 44.3 Å². The lowest BCUT2D eigenvalue weighted by molar-refractivity contribution is -0.138. The molecule has 2 N–H and O–H groups in total. The highest BCUT2D eigenvalue weighted by Gasteiger charge is 2.49. The van der Waals surface area contributed by atoms with E-state index in [4.69, 9.17) is 23.9 Å². The summed E-state index contributed by atoms with van der Waals surface area (Å²) in [6.07, 6.45) is -0.304. The second kappa shape index (κ2) is 17.5. The highest BCUT2D eigenvalue weighted by Crippen LogP contribution is 2.43. The topological polar surface area (TPSA) is 157 Å². The lowest BCUT2D eigenvalue weighted by Gasteiger charge is -2.42. The molecular weight excluding hydrogens is 839 g/mol. The van der Waals surface area contributed by atoms with Gasteiger partial charge in [0.2, 0.25) is 0 Å². The molecule has 64 heavy (non-hydrogen) atoms. The Labute approximate surface area is 368 Å². The average Bonchev–Trinajstić information content (AvgIpc) is 3.75. The third-order valence-corrected chi connectivity index (χ3v) is 12.8. The standard InChI is InChI=1S/C46H55F4N7O7/c1-7-25(2)36(53-42(59)64-44(3,4)5)40(58)63-29-16-26-11-12-33(49)30-10-8-15-61-43(60)55-45(6)18-27(47)21-56(23-45)39-32-20-51-37(31(17-29)34(26)30)35(50)38(32)52-41(54-39)62-24-46-13-9-14-57(46)22-28(48)19-46/h11-12,16-17,20,25,27-28,36H,7-10,13-15,18-19,21-24H2,1-6H3,(H,53,59)(H,55,60)/t25-,27+,28+,36-,45+,46-/m0/s1. The number of rotatable bonds is 8. The maximum absolute atomic E-state index is 17.7. The van der Waals surface area contributed by atoms with E-state index in [9.17, 15) is 18.8 Å². The molecule has 0 spiro atoms. The number of carbonyl (C=O) groups is 3. The largest absolute Gasteiger partial charge is 0.461 e. The highest BCUT2D eigenvalue weighted by molar-refractivity contribution is 6.02. The first-order valence-electron chi connectivity index (χ1n) is 22.0. The van der Waals surface area contributed by atoms with E-state index in [-0.39, 0.29) is 115 Å². The fraction of sp³-hybridized carbons (Fsp3) is 0.565. The summed E-state index contributed by atoms with van der Waals surface area (Å²) in [7, 11) is 0. The first kappa shape index (κ1) is 45.1. The Morgan fingerprint density at radius 3 is 2.64 bits per heavy atom. The number of nitrogens with zero attached hydrogens (tertiary/aromatic N) is 5. The van der Waals surface area contributed by atoms with Gasteiger partial charge in [-0.3, -0.25) is 9.88 Å². The van der Waals surface area contributed by atoms with Crippen molar-refractivity contribution in [1.82, 2.24) is 30.5 Å². The Balaban J connectivity index is 1.28. The Morgan fingerprint density at radius 1 is 1.09 bits per heavy atom. The minimum Gasteiger partial charge on any atom is -0.461 e. The number of fused-ring (bicyclic) bond motifs is 7. The van der Waals surface area contributed by atoms with Crippen LogP contribution in [0.25, 0.3) is 32.9 Å². The molecule has 3 fully saturated rings. The minimum atomic E-state index is -1.45. The van der Waals surface area contributed by atoms with Crippen LogP contribution in [0, 0.1) is 17.6 Å². The molecule has 6 atom stereocenters. The van der Waals surface area contributed by atoms with Gasteiger partial charge in [-0.15, -0.1) is 0 Å². The predicted octanol–water partition coefficient (Wildman–Crippen LogP) is 7.90. The molecule has 0 saturated carbocycles. The monoisotopic (exact) mass is 893 g/mol. The van der Waals surface area contributed by atoms with Gasteiger partial charge >= 0.3 is 24.2 Å². The van der Waals surface area contributed by atoms with Gasteiger partial charge in [-0.25, -0.2) is 31.9 Å². The molecule has 7 heterocycles. The van der Waals surface area contributed by atoms with Crippen LogP contribution in [0.2, 0.25) is 0 Å². The molecule has 2 aromatic carbocycles. The maximum Gasteiger partial charge on any atom is 0.408 e. The molecule has 0 aliphatic carbocycles. The molecule has 4 aromatic rings. The van der Waals surface area contributed by atoms with E-state index < -0.39 is 64.9 Å². The second-order valence-electron chi connectivity index (χ2n) is 19.0. The maximum atomic E-state index is 17.7. The number of pyridine rings is 1. The van der Waals surface area contributed by atoms with Crippen LogP contribution in [0.5, 0.6) is 11.8 Å². The van der Waals surface area contributed by atoms with Gasteiger partial charge in [0.15, 0.2) is 5.82 Å². The quantitative estimate of drug-likeness (QED) is 0.100. The third kappa shape index (κ3) is 9.20. The molecule has 5 aliphatic rings. The smallest absolute Gasteiger partial charge is 0.408 e. The molecule has 18 heteroatoms. The number of carbonyl (C=O) groups excluding carboxylic acids is 3. The van der Waals surface area contributed by atoms with E-state index in [0.717, 1.165) is 6.42 Å². The normalized spacial score (nSPS) is 24.8. The molecular formula is C46H55F4N7O7. The number of benzene rings is 2. The summed E-state index contributed by atoms with van der Waals surface area (Å²) in [6, 6.07) is 4.23. The number of ether oxygens (including phenoxy) is 4. The van der Waals surface area contributed by atoms with Crippen molar-refractivity contribution in [2.24, 2.45) is 5.92 Å². The molecule has 0 unspecified atom stereocenters. The molecule has 0 radical (unpaired) electrons. The Hall–Kier alpha value is -5.52. The van der Waals surface area contributed by atoms with Gasteiger partial charge in [-0.05, 0) is 100 Å². The van der Waals surface area contributed by atoms with Gasteiger partial charge in [-0.2, -0.15) is 9.97 Å². The molecule has 344 valence electrons. The number of amides is 2. The molecule has 5 aliphatic heterocycles. The van der Waals surface area contributed by atoms with E-state index in [0.29, 0.717) is 24.8 Å². The van der Waals surface area contributed by atoms with Crippen molar-refractivity contribution in [3.05, 3.63) is 47.7 Å². The molecule has 2 aromatic heterocycles. The van der Waals surface area contributed by atoms with Crippen LogP contribution in [-0.4, -0.2) is 112 Å². The van der Waals surface area contributed by atoms with Crippen LogP contribution in [0.1, 0.15) is 85.6 Å². The number of hydrogen-bond acceptors (Lipinski definition) is 12. The fourth-order valence-electron chi connectivity index (χ4n) is 9.72. The van der Waals surface area contributed by atoms with Crippen LogP contribution in [0.3, 0.4) is 0 Å². The van der Waals surface area contributed by atoms with Gasteiger partial charge in [-0.1, -0.05) is 26.3 Å². The number of nitrogens with one attached hydrogen (secondary N) is 2. The zero-order valence-corrected chi connectivity index (χ0v) is 37.0. The van der Waals surface area contributed by atoms with Crippen molar-refractivity contribution in [3.63, 3.8) is 0 Å². The van der Waals surface area contributed by atoms with E-state index in [1.54, 1.807) is 39.5 Å². The summed E-state index contributed by atoms with van der Waals surface area (Å²) >= 11 is 0. The predicted molar refractivity (Wildman–Crippen MR) is 230 cm³/mol. The lowest BCUT2D eigenvalue weighted by Crippen LogP contribution is -2.60. The second-order valence-corrected chi connectivity index (χ2v) is 19.0. The van der Waals surface area contributed by atoms with Crippen LogP contribution in [0.15, 0.2) is 30.5 Å². The number of aryl methyl sites for hydroxylation is 1. The van der Waals surface area contributed by atoms with Gasteiger partial charge < -0.3 is 34.5 Å². The summed E-state index contributed by atoms with van der Waals surface area (Å²) in [5, 5.41) is 6.15. The first-order chi connectivity index (χ1) is 30.3. The van der Waals surface area contributed by atoms with Gasteiger partial charge in [0.1, 0.15) is 59.2 Å². The minimum absolute atomic E-state index is 0.0237. The van der Waals surface area contributed by atoms with Crippen LogP contribution < -0.4 is 25.0 Å². The molecule has 9 rings (SSSR count). The molecule has 14 nitrogen and oxygen atoms in total. The zero-order valence-electron chi connectivity index (χ0n) is 37.0. The number of halogens is 4. The van der Waals surface area contributed by atoms with Crippen LogP contribution in [-0.2, 0) is 20.7 Å². The zero-order chi connectivity index (χ0) is 45.7. The van der Waals surface area contributed by atoms with Crippen LogP contribution in [0.4, 0.5) is 33.0 Å². The van der Waals surface area contributed by atoms with Crippen molar-refractivity contribution in [2.45, 2.75) is 122 Å². The van der Waals surface area contributed by atoms with Gasteiger partial charge in [0.25, 0.3) is 0 Å². The lowest BCUT2D eigenvalue weighted by atomic mass is 9.90. The molecule has 3 saturated heterocycles. The average molecular weight is 894 g/mol. The number of hydrogen-bond donors (Lipinski definition) is 2. The summed E-state index contributed by atoms with van der Waals surface area (Å²) in [5.74, 6) is -2.73. The SMILES string of the molecule is CC[C@H](C)[C@H](NC(=O)OC(C)(C)C)C(=O)Oc1cc2c3c(c(F)ccc3c1)CCCOC(=O)N[C@]1(C)C[C@@H](F)CN(C1)c1nc(OC[C@@]34CCCN3C[C@H](F)C4)nc3c(F)c-2ncc13. The van der Waals surface area contributed by atoms with Crippen molar-refractivity contribution < 1.29 is 50.9 Å². The van der Waals surface area contributed by atoms with E-state index >= 15 is 13.2 Å². The number of piperidine rings is 1. The number of aromatic nitrogens is 3. The van der Waals surface area contributed by atoms with E-state index in [2.05, 4.69) is 25.5 Å².